The molecule has 0 aromatic heterocycles. The molecule has 1 nitrogen and oxygen atoms in total. The number of ketones is 1. The molecule has 1 aliphatic rings. The molecule has 0 aromatic carbocycles. The van der Waals surface area contributed by atoms with Crippen LogP contribution in [0.3, 0.4) is 0 Å². The van der Waals surface area contributed by atoms with E-state index in [9.17, 15) is 4.79 Å². The third-order valence-corrected chi connectivity index (χ3v) is 3.23. The summed E-state index contributed by atoms with van der Waals surface area (Å²) in [6.45, 7) is 2.15. The van der Waals surface area contributed by atoms with Gasteiger partial charge in [0.25, 0.3) is 0 Å². The number of rotatable bonds is 3. The fourth-order valence-corrected chi connectivity index (χ4v) is 2.19. The molecule has 11 heavy (non-hydrogen) atoms. The smallest absolute Gasteiger partial charge is 0.168 e. The van der Waals surface area contributed by atoms with Gasteiger partial charge in [0.15, 0.2) is 5.78 Å². The number of hydrogen-bond acceptors (Lipinski definition) is 2. The van der Waals surface area contributed by atoms with Crippen LogP contribution in [0.15, 0.2) is 12.2 Å². The van der Waals surface area contributed by atoms with Crippen LogP contribution in [0, 0.1) is 0 Å². The van der Waals surface area contributed by atoms with Gasteiger partial charge in [-0.1, -0.05) is 13.0 Å². The normalized spacial score (nSPS) is 24.1. The van der Waals surface area contributed by atoms with Gasteiger partial charge in [0.05, 0.1) is 5.25 Å². The molecule has 2 heteroatoms. The van der Waals surface area contributed by atoms with Gasteiger partial charge in [0.2, 0.25) is 0 Å². The van der Waals surface area contributed by atoms with Crippen LogP contribution >= 0.6 is 11.8 Å². The van der Waals surface area contributed by atoms with E-state index in [2.05, 4.69) is 6.92 Å². The molecule has 0 N–H and O–H groups in total. The predicted octanol–water partition coefficient (Wildman–Crippen LogP) is 2.42. The number of hydrogen-bond donors (Lipinski definition) is 0. The number of thioether (sulfide) groups is 1. The monoisotopic (exact) mass is 170 g/mol. The van der Waals surface area contributed by atoms with Crippen molar-refractivity contribution in [2.75, 3.05) is 5.75 Å². The number of carbonyl (C=O) groups is 1. The van der Waals surface area contributed by atoms with Crippen molar-refractivity contribution in [1.82, 2.24) is 0 Å². The molecule has 0 spiro atoms. The Morgan fingerprint density at radius 3 is 3.18 bits per heavy atom. The van der Waals surface area contributed by atoms with Crippen LogP contribution in [0.1, 0.15) is 26.2 Å². The SMILES string of the molecule is CCCSC1CCC=CC1=O. The minimum absolute atomic E-state index is 0.264. The second-order valence-corrected chi connectivity index (χ2v) is 4.05. The maximum absolute atomic E-state index is 11.2. The summed E-state index contributed by atoms with van der Waals surface area (Å²) in [5, 5.41) is 0.264. The Labute approximate surface area is 72.2 Å². The first kappa shape index (κ1) is 8.85. The lowest BCUT2D eigenvalue weighted by molar-refractivity contribution is -0.114. The first-order valence-electron chi connectivity index (χ1n) is 4.16. The summed E-state index contributed by atoms with van der Waals surface area (Å²) >= 11 is 1.80. The van der Waals surface area contributed by atoms with Gasteiger partial charge in [-0.3, -0.25) is 4.79 Å². The lowest BCUT2D eigenvalue weighted by atomic mass is 10.1. The molecule has 0 saturated heterocycles. The van der Waals surface area contributed by atoms with Gasteiger partial charge in [-0.2, -0.15) is 11.8 Å². The lowest BCUT2D eigenvalue weighted by Gasteiger charge is -2.14. The van der Waals surface area contributed by atoms with Gasteiger partial charge in [0, 0.05) is 0 Å². The highest BCUT2D eigenvalue weighted by molar-refractivity contribution is 8.00. The minimum Gasteiger partial charge on any atom is -0.294 e. The van der Waals surface area contributed by atoms with E-state index < -0.39 is 0 Å². The summed E-state index contributed by atoms with van der Waals surface area (Å²) in [5.41, 5.74) is 0. The Bertz CT molecular complexity index is 163. The van der Waals surface area contributed by atoms with Crippen LogP contribution in [-0.4, -0.2) is 16.8 Å². The average molecular weight is 170 g/mol. The van der Waals surface area contributed by atoms with E-state index in [1.165, 1.54) is 0 Å². The van der Waals surface area contributed by atoms with Gasteiger partial charge in [0.1, 0.15) is 0 Å². The molecule has 0 saturated carbocycles. The summed E-state index contributed by atoms with van der Waals surface area (Å²) in [7, 11) is 0. The topological polar surface area (TPSA) is 17.1 Å². The molecule has 0 aromatic rings. The number of carbonyl (C=O) groups excluding carboxylic acids is 1. The van der Waals surface area contributed by atoms with Crippen molar-refractivity contribution in [3.05, 3.63) is 12.2 Å². The van der Waals surface area contributed by atoms with Gasteiger partial charge in [-0.05, 0) is 31.1 Å². The van der Waals surface area contributed by atoms with Crippen LogP contribution in [0.5, 0.6) is 0 Å². The molecule has 62 valence electrons. The maximum Gasteiger partial charge on any atom is 0.168 e. The third-order valence-electron chi connectivity index (χ3n) is 1.72. The molecular weight excluding hydrogens is 156 g/mol. The van der Waals surface area contributed by atoms with Crippen LogP contribution in [0.4, 0.5) is 0 Å². The first-order chi connectivity index (χ1) is 5.34. The lowest BCUT2D eigenvalue weighted by Crippen LogP contribution is -2.17. The summed E-state index contributed by atoms with van der Waals surface area (Å²) in [4.78, 5) is 11.2. The van der Waals surface area contributed by atoms with Crippen molar-refractivity contribution in [3.8, 4) is 0 Å². The zero-order chi connectivity index (χ0) is 8.10. The molecule has 0 heterocycles. The molecule has 0 bridgehead atoms. The second-order valence-electron chi connectivity index (χ2n) is 2.74. The van der Waals surface area contributed by atoms with Crippen LogP contribution < -0.4 is 0 Å². The van der Waals surface area contributed by atoms with Crippen molar-refractivity contribution in [2.24, 2.45) is 0 Å². The van der Waals surface area contributed by atoms with Crippen molar-refractivity contribution in [1.29, 1.82) is 0 Å². The highest BCUT2D eigenvalue weighted by atomic mass is 32.2. The van der Waals surface area contributed by atoms with E-state index in [0.29, 0.717) is 5.78 Å². The van der Waals surface area contributed by atoms with E-state index in [-0.39, 0.29) is 5.25 Å². The molecule has 0 fully saturated rings. The van der Waals surface area contributed by atoms with E-state index in [4.69, 9.17) is 0 Å². The van der Waals surface area contributed by atoms with Crippen molar-refractivity contribution in [3.63, 3.8) is 0 Å². The molecule has 0 radical (unpaired) electrons. The van der Waals surface area contributed by atoms with E-state index in [1.807, 2.05) is 6.08 Å². The van der Waals surface area contributed by atoms with Gasteiger partial charge < -0.3 is 0 Å². The predicted molar refractivity (Wildman–Crippen MR) is 49.9 cm³/mol. The van der Waals surface area contributed by atoms with E-state index in [0.717, 1.165) is 25.0 Å². The highest BCUT2D eigenvalue weighted by Crippen LogP contribution is 2.22. The van der Waals surface area contributed by atoms with Gasteiger partial charge in [-0.15, -0.1) is 0 Å². The molecule has 1 unspecified atom stereocenters. The first-order valence-corrected chi connectivity index (χ1v) is 5.21. The van der Waals surface area contributed by atoms with Crippen LogP contribution in [-0.2, 0) is 4.79 Å². The zero-order valence-electron chi connectivity index (χ0n) is 6.88. The maximum atomic E-state index is 11.2. The summed E-state index contributed by atoms with van der Waals surface area (Å²) in [6.07, 6.45) is 6.99. The standard InChI is InChI=1S/C9H14OS/c1-2-7-11-9-6-4-3-5-8(9)10/h3,5,9H,2,4,6-7H2,1H3. The Hall–Kier alpha value is -0.240. The fourth-order valence-electron chi connectivity index (χ4n) is 1.12. The molecule has 1 atom stereocenters. The second kappa shape index (κ2) is 4.60. The van der Waals surface area contributed by atoms with Gasteiger partial charge >= 0.3 is 0 Å². The fraction of sp³-hybridized carbons (Fsp3) is 0.667. The molecule has 1 aliphatic carbocycles. The third kappa shape index (κ3) is 2.70. The van der Waals surface area contributed by atoms with Crippen molar-refractivity contribution < 1.29 is 4.79 Å². The quantitative estimate of drug-likeness (QED) is 0.647. The number of allylic oxidation sites excluding steroid dienone is 2. The van der Waals surface area contributed by atoms with Crippen LogP contribution in [0.2, 0.25) is 0 Å². The average Bonchev–Trinajstić information content (AvgIpc) is 2.03. The van der Waals surface area contributed by atoms with Crippen LogP contribution in [0.25, 0.3) is 0 Å². The molecular formula is C9H14OS. The Morgan fingerprint density at radius 1 is 1.73 bits per heavy atom. The highest BCUT2D eigenvalue weighted by Gasteiger charge is 2.17. The molecule has 0 amide bonds. The largest absolute Gasteiger partial charge is 0.294 e. The summed E-state index contributed by atoms with van der Waals surface area (Å²) in [6, 6.07) is 0. The molecule has 0 aliphatic heterocycles. The minimum atomic E-state index is 0.264. The van der Waals surface area contributed by atoms with E-state index in [1.54, 1.807) is 17.8 Å². The summed E-state index contributed by atoms with van der Waals surface area (Å²) in [5.74, 6) is 1.43. The Morgan fingerprint density at radius 2 is 2.55 bits per heavy atom. The van der Waals surface area contributed by atoms with Crippen molar-refractivity contribution in [2.45, 2.75) is 31.4 Å². The van der Waals surface area contributed by atoms with Gasteiger partial charge in [-0.25, -0.2) is 0 Å². The molecule has 1 rings (SSSR count). The zero-order valence-corrected chi connectivity index (χ0v) is 7.69. The van der Waals surface area contributed by atoms with E-state index >= 15 is 0 Å². The Balaban J connectivity index is 2.33. The van der Waals surface area contributed by atoms with Crippen molar-refractivity contribution >= 4 is 17.5 Å². The Kier molecular flexibility index (Phi) is 3.70. The summed E-state index contributed by atoms with van der Waals surface area (Å²) < 4.78 is 0.